The number of rotatable bonds is 6. The van der Waals surface area contributed by atoms with E-state index in [0.717, 1.165) is 35.8 Å². The van der Waals surface area contributed by atoms with Gasteiger partial charge in [0.2, 0.25) is 5.13 Å². The Hall–Kier alpha value is -0.720. The zero-order valence-corrected chi connectivity index (χ0v) is 12.2. The van der Waals surface area contributed by atoms with E-state index in [0.29, 0.717) is 0 Å². The largest absolute Gasteiger partial charge is 0.383 e. The number of methoxy groups -OCH3 is 1. The van der Waals surface area contributed by atoms with Crippen LogP contribution in [0.5, 0.6) is 0 Å². The number of ether oxygens (including phenoxy) is 1. The van der Waals surface area contributed by atoms with Crippen molar-refractivity contribution in [1.82, 2.24) is 15.1 Å². The average molecular weight is 270 g/mol. The Bertz CT molecular complexity index is 371. The van der Waals surface area contributed by atoms with Gasteiger partial charge in [-0.1, -0.05) is 11.3 Å². The van der Waals surface area contributed by atoms with Crippen LogP contribution in [0.25, 0.3) is 0 Å². The van der Waals surface area contributed by atoms with Crippen LogP contribution in [0, 0.1) is 12.8 Å². The van der Waals surface area contributed by atoms with Gasteiger partial charge in [0.15, 0.2) is 0 Å². The number of anilines is 1. The summed E-state index contributed by atoms with van der Waals surface area (Å²) < 4.78 is 5.12. The number of nitrogens with zero attached hydrogens (tertiary/aromatic N) is 4. The van der Waals surface area contributed by atoms with Crippen LogP contribution >= 0.6 is 11.3 Å². The van der Waals surface area contributed by atoms with Gasteiger partial charge in [0.25, 0.3) is 0 Å². The van der Waals surface area contributed by atoms with Crippen molar-refractivity contribution in [2.75, 3.05) is 51.8 Å². The van der Waals surface area contributed by atoms with Gasteiger partial charge in [-0.2, -0.15) is 0 Å². The molecule has 1 aliphatic rings. The fourth-order valence-electron chi connectivity index (χ4n) is 2.39. The van der Waals surface area contributed by atoms with Crippen LogP contribution in [-0.4, -0.2) is 62.0 Å². The first-order chi connectivity index (χ1) is 8.69. The summed E-state index contributed by atoms with van der Waals surface area (Å²) >= 11 is 1.66. The average Bonchev–Trinajstić information content (AvgIpc) is 2.96. The molecule has 0 amide bonds. The minimum atomic E-state index is 0.732. The molecule has 1 atom stereocenters. The van der Waals surface area contributed by atoms with Gasteiger partial charge in [-0.05, 0) is 25.8 Å². The zero-order valence-electron chi connectivity index (χ0n) is 11.4. The van der Waals surface area contributed by atoms with Gasteiger partial charge >= 0.3 is 0 Å². The summed E-state index contributed by atoms with van der Waals surface area (Å²) in [5.74, 6) is 0.732. The molecule has 6 heteroatoms. The molecule has 2 heterocycles. The predicted octanol–water partition coefficient (Wildman–Crippen LogP) is 1.25. The molecule has 0 spiro atoms. The van der Waals surface area contributed by atoms with Gasteiger partial charge in [0.05, 0.1) is 6.61 Å². The molecule has 1 aliphatic heterocycles. The molecular formula is C12H22N4OS. The highest BCUT2D eigenvalue weighted by molar-refractivity contribution is 7.15. The molecule has 0 bridgehead atoms. The van der Waals surface area contributed by atoms with Crippen molar-refractivity contribution in [2.45, 2.75) is 13.3 Å². The molecule has 0 radical (unpaired) electrons. The van der Waals surface area contributed by atoms with E-state index in [1.54, 1.807) is 18.4 Å². The molecule has 0 saturated carbocycles. The third kappa shape index (κ3) is 3.63. The maximum absolute atomic E-state index is 5.12. The first-order valence-electron chi connectivity index (χ1n) is 6.41. The smallest absolute Gasteiger partial charge is 0.208 e. The quantitative estimate of drug-likeness (QED) is 0.778. The summed E-state index contributed by atoms with van der Waals surface area (Å²) in [6.07, 6.45) is 1.27. The van der Waals surface area contributed by atoms with Gasteiger partial charge in [-0.15, -0.1) is 10.2 Å². The van der Waals surface area contributed by atoms with Crippen LogP contribution in [0.2, 0.25) is 0 Å². The monoisotopic (exact) mass is 270 g/mol. The Labute approximate surface area is 113 Å². The molecule has 1 fully saturated rings. The van der Waals surface area contributed by atoms with E-state index in [9.17, 15) is 0 Å². The summed E-state index contributed by atoms with van der Waals surface area (Å²) in [6.45, 7) is 7.31. The predicted molar refractivity (Wildman–Crippen MR) is 74.3 cm³/mol. The number of hydrogen-bond acceptors (Lipinski definition) is 6. The molecule has 0 aromatic carbocycles. The van der Waals surface area contributed by atoms with Crippen LogP contribution in [0.1, 0.15) is 11.4 Å². The Balaban J connectivity index is 1.77. The van der Waals surface area contributed by atoms with Crippen LogP contribution in [0.3, 0.4) is 0 Å². The molecule has 5 nitrogen and oxygen atoms in total. The van der Waals surface area contributed by atoms with Crippen molar-refractivity contribution < 1.29 is 4.74 Å². The summed E-state index contributed by atoms with van der Waals surface area (Å²) in [4.78, 5) is 4.71. The number of aryl methyl sites for hydroxylation is 1. The highest BCUT2D eigenvalue weighted by atomic mass is 32.1. The van der Waals surface area contributed by atoms with Gasteiger partial charge < -0.3 is 14.5 Å². The van der Waals surface area contributed by atoms with Crippen molar-refractivity contribution in [1.29, 1.82) is 0 Å². The highest BCUT2D eigenvalue weighted by Gasteiger charge is 2.23. The second-order valence-corrected chi connectivity index (χ2v) is 6.09. The van der Waals surface area contributed by atoms with Crippen molar-refractivity contribution in [3.8, 4) is 0 Å². The van der Waals surface area contributed by atoms with Crippen molar-refractivity contribution in [3.63, 3.8) is 0 Å². The number of hydrogen-bond donors (Lipinski definition) is 0. The molecular weight excluding hydrogens is 248 g/mol. The fraction of sp³-hybridized carbons (Fsp3) is 0.833. The third-order valence-corrected chi connectivity index (χ3v) is 4.31. The van der Waals surface area contributed by atoms with E-state index in [2.05, 4.69) is 27.0 Å². The van der Waals surface area contributed by atoms with Crippen molar-refractivity contribution in [3.05, 3.63) is 5.01 Å². The zero-order chi connectivity index (χ0) is 13.0. The lowest BCUT2D eigenvalue weighted by molar-refractivity contribution is 0.159. The molecule has 18 heavy (non-hydrogen) atoms. The van der Waals surface area contributed by atoms with E-state index in [4.69, 9.17) is 4.74 Å². The first-order valence-corrected chi connectivity index (χ1v) is 7.23. The normalized spacial score (nSPS) is 20.5. The Morgan fingerprint density at radius 2 is 2.33 bits per heavy atom. The molecule has 1 aromatic rings. The second kappa shape index (κ2) is 6.45. The van der Waals surface area contributed by atoms with E-state index in [-0.39, 0.29) is 0 Å². The molecule has 1 saturated heterocycles. The first kappa shape index (κ1) is 13.7. The molecule has 1 aromatic heterocycles. The van der Waals surface area contributed by atoms with Crippen LogP contribution in [0.15, 0.2) is 0 Å². The lowest BCUT2D eigenvalue weighted by Crippen LogP contribution is -2.29. The summed E-state index contributed by atoms with van der Waals surface area (Å²) in [6, 6.07) is 0. The minimum Gasteiger partial charge on any atom is -0.383 e. The van der Waals surface area contributed by atoms with Crippen LogP contribution in [0.4, 0.5) is 5.13 Å². The molecule has 0 unspecified atom stereocenters. The summed E-state index contributed by atoms with van der Waals surface area (Å²) in [7, 11) is 3.87. The van der Waals surface area contributed by atoms with E-state index in [1.807, 2.05) is 6.92 Å². The van der Waals surface area contributed by atoms with Gasteiger partial charge in [-0.3, -0.25) is 0 Å². The minimum absolute atomic E-state index is 0.732. The summed E-state index contributed by atoms with van der Waals surface area (Å²) in [5, 5.41) is 10.3. The molecule has 0 N–H and O–H groups in total. The van der Waals surface area contributed by atoms with Gasteiger partial charge in [0.1, 0.15) is 5.01 Å². The topological polar surface area (TPSA) is 41.5 Å². The lowest BCUT2D eigenvalue weighted by atomic mass is 10.1. The van der Waals surface area contributed by atoms with E-state index in [1.165, 1.54) is 19.5 Å². The summed E-state index contributed by atoms with van der Waals surface area (Å²) in [5.41, 5.74) is 0. The highest BCUT2D eigenvalue weighted by Crippen LogP contribution is 2.22. The van der Waals surface area contributed by atoms with Crippen LogP contribution in [-0.2, 0) is 4.74 Å². The van der Waals surface area contributed by atoms with Gasteiger partial charge in [-0.25, -0.2) is 0 Å². The van der Waals surface area contributed by atoms with E-state index >= 15 is 0 Å². The maximum atomic E-state index is 5.12. The SMILES string of the molecule is COCCN1CC[C@@H](CN(C)c2nnc(C)s2)C1. The van der Waals surface area contributed by atoms with Gasteiger partial charge in [0, 0.05) is 33.8 Å². The van der Waals surface area contributed by atoms with E-state index < -0.39 is 0 Å². The second-order valence-electron chi connectivity index (χ2n) is 4.93. The molecule has 0 aliphatic carbocycles. The maximum Gasteiger partial charge on any atom is 0.208 e. The molecule has 2 rings (SSSR count). The Morgan fingerprint density at radius 1 is 1.50 bits per heavy atom. The Kier molecular flexibility index (Phi) is 4.91. The number of likely N-dealkylation sites (tertiary alicyclic amines) is 1. The fourth-order valence-corrected chi connectivity index (χ4v) is 3.05. The standard InChI is InChI=1S/C12H22N4OS/c1-10-13-14-12(18-10)15(2)8-11-4-5-16(9-11)6-7-17-3/h11H,4-9H2,1-3H3/t11-/m0/s1. The third-order valence-electron chi connectivity index (χ3n) is 3.36. The number of aromatic nitrogens is 2. The molecule has 102 valence electrons. The lowest BCUT2D eigenvalue weighted by Gasteiger charge is -2.20. The van der Waals surface area contributed by atoms with Crippen LogP contribution < -0.4 is 4.90 Å². The van der Waals surface area contributed by atoms with Crippen molar-refractivity contribution >= 4 is 16.5 Å². The van der Waals surface area contributed by atoms with Crippen molar-refractivity contribution in [2.24, 2.45) is 5.92 Å². The Morgan fingerprint density at radius 3 is 3.00 bits per heavy atom.